The molecule has 0 aromatic heterocycles. The lowest BCUT2D eigenvalue weighted by Crippen LogP contribution is -2.46. The summed E-state index contributed by atoms with van der Waals surface area (Å²) in [5.41, 5.74) is -0.128. The van der Waals surface area contributed by atoms with Crippen LogP contribution in [0.1, 0.15) is 10.4 Å². The van der Waals surface area contributed by atoms with Gasteiger partial charge in [-0.05, 0) is 7.05 Å². The largest absolute Gasteiger partial charge is 0.508 e. The number of carbonyl (C=O) groups excluding carboxylic acids is 1. The number of phenolic OH excluding ortho intramolecular Hbond substituents is 3. The summed E-state index contributed by atoms with van der Waals surface area (Å²) in [6, 6.07) is 2.11. The maximum Gasteiger partial charge on any atom is 0.184 e. The van der Waals surface area contributed by atoms with E-state index >= 15 is 0 Å². The zero-order valence-corrected chi connectivity index (χ0v) is 10.8. The van der Waals surface area contributed by atoms with Gasteiger partial charge in [0.25, 0.3) is 0 Å². The van der Waals surface area contributed by atoms with Crippen LogP contribution in [0.3, 0.4) is 0 Å². The average molecular weight is 266 g/mol. The van der Waals surface area contributed by atoms with Crippen LogP contribution < -0.4 is 0 Å². The Morgan fingerprint density at radius 2 is 1.63 bits per heavy atom. The molecule has 0 aliphatic carbocycles. The van der Waals surface area contributed by atoms with Crippen molar-refractivity contribution in [3.8, 4) is 17.2 Å². The molecular weight excluding hydrogens is 248 g/mol. The minimum atomic E-state index is -0.392. The number of carbonyl (C=O) groups is 1. The average Bonchev–Trinajstić information content (AvgIpc) is 2.30. The second-order valence-electron chi connectivity index (χ2n) is 4.86. The third kappa shape index (κ3) is 3.15. The number of hydrogen-bond acceptors (Lipinski definition) is 6. The van der Waals surface area contributed by atoms with Crippen molar-refractivity contribution in [3.63, 3.8) is 0 Å². The number of rotatable bonds is 3. The predicted octanol–water partition coefficient (Wildman–Crippen LogP) is 0.233. The van der Waals surface area contributed by atoms with Crippen molar-refractivity contribution in [2.24, 2.45) is 0 Å². The van der Waals surface area contributed by atoms with Crippen molar-refractivity contribution in [2.75, 3.05) is 39.8 Å². The summed E-state index contributed by atoms with van der Waals surface area (Å²) in [7, 11) is 2.02. The van der Waals surface area contributed by atoms with Crippen LogP contribution in [0.2, 0.25) is 0 Å². The van der Waals surface area contributed by atoms with Crippen LogP contribution in [0.15, 0.2) is 12.1 Å². The molecule has 0 radical (unpaired) electrons. The molecule has 1 fully saturated rings. The zero-order chi connectivity index (χ0) is 14.0. The number of aromatic hydroxyl groups is 3. The Hall–Kier alpha value is -1.79. The minimum absolute atomic E-state index is 0.128. The van der Waals surface area contributed by atoms with Crippen LogP contribution in [-0.4, -0.2) is 70.7 Å². The normalized spacial score (nSPS) is 17.5. The van der Waals surface area contributed by atoms with E-state index in [0.29, 0.717) is 0 Å². The molecule has 0 bridgehead atoms. The van der Waals surface area contributed by atoms with E-state index in [1.807, 2.05) is 11.9 Å². The molecule has 2 rings (SSSR count). The number of piperazine rings is 1. The smallest absolute Gasteiger partial charge is 0.184 e. The van der Waals surface area contributed by atoms with Gasteiger partial charge in [0, 0.05) is 38.3 Å². The molecule has 0 amide bonds. The number of Topliss-reactive ketones (excluding diaryl/α,β-unsaturated/α-hetero) is 1. The summed E-state index contributed by atoms with van der Waals surface area (Å²) < 4.78 is 0. The first-order chi connectivity index (χ1) is 8.97. The molecule has 104 valence electrons. The summed E-state index contributed by atoms with van der Waals surface area (Å²) in [6.45, 7) is 3.49. The molecule has 0 unspecified atom stereocenters. The maximum absolute atomic E-state index is 12.1. The van der Waals surface area contributed by atoms with Crippen molar-refractivity contribution < 1.29 is 20.1 Å². The molecule has 6 heteroatoms. The summed E-state index contributed by atoms with van der Waals surface area (Å²) in [6.07, 6.45) is 0. The highest BCUT2D eigenvalue weighted by Crippen LogP contribution is 2.32. The number of ketones is 1. The SMILES string of the molecule is CN1CCN(CC(=O)c2c(O)cc(O)cc2O)CC1. The van der Waals surface area contributed by atoms with Gasteiger partial charge in [-0.15, -0.1) is 0 Å². The van der Waals surface area contributed by atoms with Crippen molar-refractivity contribution in [1.29, 1.82) is 0 Å². The number of hydrogen-bond donors (Lipinski definition) is 3. The van der Waals surface area contributed by atoms with Crippen molar-refractivity contribution >= 4 is 5.78 Å². The van der Waals surface area contributed by atoms with Crippen LogP contribution in [0, 0.1) is 0 Å². The molecule has 19 heavy (non-hydrogen) atoms. The van der Waals surface area contributed by atoms with E-state index in [0.717, 1.165) is 38.3 Å². The standard InChI is InChI=1S/C13H18N2O4/c1-14-2-4-15(5-3-14)8-12(19)13-10(17)6-9(16)7-11(13)18/h6-7,16-18H,2-5,8H2,1H3. The number of nitrogens with zero attached hydrogens (tertiary/aromatic N) is 2. The minimum Gasteiger partial charge on any atom is -0.508 e. The van der Waals surface area contributed by atoms with Crippen LogP contribution >= 0.6 is 0 Å². The quantitative estimate of drug-likeness (QED) is 0.679. The monoisotopic (exact) mass is 266 g/mol. The molecule has 3 N–H and O–H groups in total. The first-order valence-electron chi connectivity index (χ1n) is 6.16. The zero-order valence-electron chi connectivity index (χ0n) is 10.8. The van der Waals surface area contributed by atoms with Gasteiger partial charge >= 0.3 is 0 Å². The van der Waals surface area contributed by atoms with Gasteiger partial charge in [0.2, 0.25) is 0 Å². The van der Waals surface area contributed by atoms with Gasteiger partial charge in [-0.1, -0.05) is 0 Å². The van der Waals surface area contributed by atoms with E-state index in [9.17, 15) is 20.1 Å². The Balaban J connectivity index is 2.08. The molecule has 1 aliphatic heterocycles. The fourth-order valence-electron chi connectivity index (χ4n) is 2.17. The van der Waals surface area contributed by atoms with Crippen molar-refractivity contribution in [2.45, 2.75) is 0 Å². The van der Waals surface area contributed by atoms with Crippen LogP contribution in [-0.2, 0) is 0 Å². The Morgan fingerprint density at radius 1 is 1.11 bits per heavy atom. The molecular formula is C13H18N2O4. The van der Waals surface area contributed by atoms with Gasteiger partial charge in [0.15, 0.2) is 5.78 Å². The molecule has 1 saturated heterocycles. The summed E-state index contributed by atoms with van der Waals surface area (Å²) >= 11 is 0. The van der Waals surface area contributed by atoms with Gasteiger partial charge in [-0.3, -0.25) is 9.69 Å². The molecule has 1 aromatic carbocycles. The fourth-order valence-corrected chi connectivity index (χ4v) is 2.17. The molecule has 0 spiro atoms. The second-order valence-corrected chi connectivity index (χ2v) is 4.86. The molecule has 1 aliphatic rings. The van der Waals surface area contributed by atoms with E-state index in [4.69, 9.17) is 0 Å². The van der Waals surface area contributed by atoms with Gasteiger partial charge in [-0.25, -0.2) is 0 Å². The first kappa shape index (κ1) is 13.6. The molecule has 0 saturated carbocycles. The van der Waals surface area contributed by atoms with Crippen LogP contribution in [0.4, 0.5) is 0 Å². The third-order valence-electron chi connectivity index (χ3n) is 3.32. The topological polar surface area (TPSA) is 84.2 Å². The van der Waals surface area contributed by atoms with Gasteiger partial charge in [0.1, 0.15) is 22.8 Å². The Labute approximate surface area is 111 Å². The van der Waals surface area contributed by atoms with E-state index < -0.39 is 11.5 Å². The molecule has 1 aromatic rings. The lowest BCUT2D eigenvalue weighted by molar-refractivity contribution is 0.0871. The Kier molecular flexibility index (Phi) is 3.92. The highest BCUT2D eigenvalue weighted by Gasteiger charge is 2.22. The van der Waals surface area contributed by atoms with Crippen molar-refractivity contribution in [3.05, 3.63) is 17.7 Å². The van der Waals surface area contributed by atoms with Gasteiger partial charge in [0.05, 0.1) is 6.54 Å². The maximum atomic E-state index is 12.1. The number of phenols is 3. The van der Waals surface area contributed by atoms with E-state index in [-0.39, 0.29) is 23.6 Å². The third-order valence-corrected chi connectivity index (χ3v) is 3.32. The Bertz CT molecular complexity index is 459. The number of likely N-dealkylation sites (N-methyl/N-ethyl adjacent to an activating group) is 1. The first-order valence-corrected chi connectivity index (χ1v) is 6.16. The summed E-state index contributed by atoms with van der Waals surface area (Å²) in [4.78, 5) is 16.2. The van der Waals surface area contributed by atoms with Crippen LogP contribution in [0.5, 0.6) is 17.2 Å². The fraction of sp³-hybridized carbons (Fsp3) is 0.462. The van der Waals surface area contributed by atoms with E-state index in [2.05, 4.69) is 4.90 Å². The summed E-state index contributed by atoms with van der Waals surface area (Å²) in [5, 5.41) is 28.5. The highest BCUT2D eigenvalue weighted by atomic mass is 16.3. The van der Waals surface area contributed by atoms with Gasteiger partial charge in [-0.2, -0.15) is 0 Å². The lowest BCUT2D eigenvalue weighted by Gasteiger charge is -2.31. The predicted molar refractivity (Wildman–Crippen MR) is 69.7 cm³/mol. The van der Waals surface area contributed by atoms with E-state index in [1.54, 1.807) is 0 Å². The molecule has 6 nitrogen and oxygen atoms in total. The molecule has 0 atom stereocenters. The highest BCUT2D eigenvalue weighted by molar-refractivity contribution is 6.02. The second kappa shape index (κ2) is 5.46. The molecule has 1 heterocycles. The Morgan fingerprint density at radius 3 is 2.16 bits per heavy atom. The van der Waals surface area contributed by atoms with Gasteiger partial charge < -0.3 is 20.2 Å². The number of benzene rings is 1. The lowest BCUT2D eigenvalue weighted by atomic mass is 10.1. The van der Waals surface area contributed by atoms with E-state index in [1.165, 1.54) is 0 Å². The van der Waals surface area contributed by atoms with Crippen molar-refractivity contribution in [1.82, 2.24) is 9.80 Å². The van der Waals surface area contributed by atoms with Crippen LogP contribution in [0.25, 0.3) is 0 Å². The summed E-state index contributed by atoms with van der Waals surface area (Å²) in [5.74, 6) is -1.40.